The van der Waals surface area contributed by atoms with Crippen molar-refractivity contribution >= 4 is 17.5 Å². The van der Waals surface area contributed by atoms with Crippen LogP contribution in [0, 0.1) is 0 Å². The zero-order chi connectivity index (χ0) is 18.2. The molecule has 0 aliphatic rings. The first-order valence-corrected chi connectivity index (χ1v) is 8.67. The Hall–Kier alpha value is -2.69. The summed E-state index contributed by atoms with van der Waals surface area (Å²) in [5.41, 5.74) is 2.54. The van der Waals surface area contributed by atoms with E-state index < -0.39 is 0 Å². The lowest BCUT2D eigenvalue weighted by Crippen LogP contribution is -2.28. The van der Waals surface area contributed by atoms with Gasteiger partial charge in [0, 0.05) is 31.0 Å². The van der Waals surface area contributed by atoms with Gasteiger partial charge < -0.3 is 10.2 Å². The number of anilines is 1. The van der Waals surface area contributed by atoms with E-state index in [1.807, 2.05) is 31.2 Å². The molecule has 5 nitrogen and oxygen atoms in total. The lowest BCUT2D eigenvalue weighted by molar-refractivity contribution is 0.0793. The van der Waals surface area contributed by atoms with E-state index in [2.05, 4.69) is 17.2 Å². The molecule has 0 saturated heterocycles. The van der Waals surface area contributed by atoms with E-state index in [1.165, 1.54) is 6.20 Å². The van der Waals surface area contributed by atoms with Crippen LogP contribution in [0.15, 0.2) is 42.6 Å². The Kier molecular flexibility index (Phi) is 6.69. The van der Waals surface area contributed by atoms with Crippen LogP contribution >= 0.6 is 0 Å². The Labute approximate surface area is 149 Å². The second-order valence-corrected chi connectivity index (χ2v) is 5.97. The summed E-state index contributed by atoms with van der Waals surface area (Å²) in [4.78, 5) is 30.7. The Morgan fingerprint density at radius 1 is 1.16 bits per heavy atom. The molecule has 2 amide bonds. The smallest absolute Gasteiger partial charge is 0.274 e. The summed E-state index contributed by atoms with van der Waals surface area (Å²) in [6, 6.07) is 10.9. The normalized spacial score (nSPS) is 10.4. The number of nitrogens with one attached hydrogen (secondary N) is 1. The lowest BCUT2D eigenvalue weighted by Gasteiger charge is -2.17. The molecule has 0 radical (unpaired) electrons. The third-order valence-corrected chi connectivity index (χ3v) is 4.08. The molecule has 0 saturated carbocycles. The molecule has 2 rings (SSSR count). The van der Waals surface area contributed by atoms with Crippen LogP contribution in [-0.2, 0) is 6.42 Å². The second kappa shape index (κ2) is 8.97. The van der Waals surface area contributed by atoms with Crippen LogP contribution in [0.2, 0.25) is 0 Å². The van der Waals surface area contributed by atoms with Crippen LogP contribution in [0.1, 0.15) is 53.1 Å². The molecule has 1 N–H and O–H groups in total. The highest BCUT2D eigenvalue weighted by molar-refractivity contribution is 6.05. The summed E-state index contributed by atoms with van der Waals surface area (Å²) in [6.07, 6.45) is 4.30. The van der Waals surface area contributed by atoms with Gasteiger partial charge in [-0.2, -0.15) is 0 Å². The van der Waals surface area contributed by atoms with E-state index >= 15 is 0 Å². The van der Waals surface area contributed by atoms with E-state index in [0.717, 1.165) is 30.5 Å². The number of nitrogens with zero attached hydrogens (tertiary/aromatic N) is 2. The van der Waals surface area contributed by atoms with E-state index in [1.54, 1.807) is 24.1 Å². The van der Waals surface area contributed by atoms with Crippen LogP contribution in [0.5, 0.6) is 0 Å². The number of aromatic nitrogens is 1. The highest BCUT2D eigenvalue weighted by atomic mass is 16.2. The molecule has 0 bridgehead atoms. The minimum atomic E-state index is -0.313. The second-order valence-electron chi connectivity index (χ2n) is 5.97. The van der Waals surface area contributed by atoms with Crippen molar-refractivity contribution in [3.05, 3.63) is 59.4 Å². The van der Waals surface area contributed by atoms with E-state index in [4.69, 9.17) is 0 Å². The summed E-state index contributed by atoms with van der Waals surface area (Å²) in [5.74, 6) is -0.411. The van der Waals surface area contributed by atoms with Gasteiger partial charge in [-0.15, -0.1) is 0 Å². The maximum absolute atomic E-state index is 12.5. The van der Waals surface area contributed by atoms with Gasteiger partial charge in [0.1, 0.15) is 5.69 Å². The van der Waals surface area contributed by atoms with E-state index in [9.17, 15) is 9.59 Å². The zero-order valence-corrected chi connectivity index (χ0v) is 15.1. The largest absolute Gasteiger partial charge is 0.342 e. The van der Waals surface area contributed by atoms with Gasteiger partial charge in [-0.1, -0.05) is 38.5 Å². The van der Waals surface area contributed by atoms with Crippen LogP contribution in [0.25, 0.3) is 0 Å². The molecule has 1 aromatic carbocycles. The van der Waals surface area contributed by atoms with Crippen molar-refractivity contribution in [2.24, 2.45) is 0 Å². The first-order valence-electron chi connectivity index (χ1n) is 8.67. The predicted molar refractivity (Wildman–Crippen MR) is 99.9 cm³/mol. The average Bonchev–Trinajstić information content (AvgIpc) is 2.65. The van der Waals surface area contributed by atoms with E-state index in [0.29, 0.717) is 12.1 Å². The molecule has 1 heterocycles. The highest BCUT2D eigenvalue weighted by Gasteiger charge is 2.15. The van der Waals surface area contributed by atoms with Gasteiger partial charge in [-0.25, -0.2) is 0 Å². The van der Waals surface area contributed by atoms with Crippen molar-refractivity contribution in [2.45, 2.75) is 33.1 Å². The molecule has 132 valence electrons. The van der Waals surface area contributed by atoms with Crippen molar-refractivity contribution in [2.75, 3.05) is 18.9 Å². The molecular weight excluding hydrogens is 314 g/mol. The van der Waals surface area contributed by atoms with Crippen LogP contribution < -0.4 is 5.32 Å². The monoisotopic (exact) mass is 339 g/mol. The number of rotatable bonds is 7. The summed E-state index contributed by atoms with van der Waals surface area (Å²) in [6.45, 7) is 4.82. The number of hydrogen-bond acceptors (Lipinski definition) is 3. The van der Waals surface area contributed by atoms with Gasteiger partial charge >= 0.3 is 0 Å². The summed E-state index contributed by atoms with van der Waals surface area (Å²) in [5, 5.41) is 2.88. The summed E-state index contributed by atoms with van der Waals surface area (Å²) < 4.78 is 0. The Morgan fingerprint density at radius 3 is 2.64 bits per heavy atom. The lowest BCUT2D eigenvalue weighted by atomic mass is 10.1. The highest BCUT2D eigenvalue weighted by Crippen LogP contribution is 2.16. The maximum atomic E-state index is 12.5. The minimum absolute atomic E-state index is 0.0983. The van der Waals surface area contributed by atoms with Gasteiger partial charge in [0.25, 0.3) is 11.8 Å². The van der Waals surface area contributed by atoms with E-state index in [-0.39, 0.29) is 17.5 Å². The molecule has 2 aromatic rings. The molecule has 1 aromatic heterocycles. The standard InChI is InChI=1S/C20H25N3O2/c1-4-6-13-23(3)20(25)16-11-12-21-18(14-16)19(24)22-17-10-8-7-9-15(17)5-2/h7-12,14H,4-6,13H2,1-3H3,(H,22,24). The number of hydrogen-bond donors (Lipinski definition) is 1. The van der Waals surface area contributed by atoms with Gasteiger partial charge in [0.05, 0.1) is 0 Å². The van der Waals surface area contributed by atoms with Crippen LogP contribution in [0.3, 0.4) is 0 Å². The maximum Gasteiger partial charge on any atom is 0.274 e. The fourth-order valence-corrected chi connectivity index (χ4v) is 2.54. The molecular formula is C20H25N3O2. The number of aryl methyl sites for hydroxylation is 1. The van der Waals surface area contributed by atoms with Gasteiger partial charge in [-0.3, -0.25) is 14.6 Å². The molecule has 0 aliphatic carbocycles. The fraction of sp³-hybridized carbons (Fsp3) is 0.350. The third kappa shape index (κ3) is 4.89. The molecule has 0 unspecified atom stereocenters. The number of carbonyl (C=O) groups is 2. The molecule has 0 spiro atoms. The van der Waals surface area contributed by atoms with Crippen molar-refractivity contribution < 1.29 is 9.59 Å². The quantitative estimate of drug-likeness (QED) is 0.835. The van der Waals surface area contributed by atoms with Crippen LogP contribution in [0.4, 0.5) is 5.69 Å². The number of amides is 2. The van der Waals surface area contributed by atoms with Crippen molar-refractivity contribution in [1.82, 2.24) is 9.88 Å². The molecule has 25 heavy (non-hydrogen) atoms. The topological polar surface area (TPSA) is 62.3 Å². The first-order chi connectivity index (χ1) is 12.1. The van der Waals surface area contributed by atoms with Crippen molar-refractivity contribution in [3.63, 3.8) is 0 Å². The van der Waals surface area contributed by atoms with Gasteiger partial charge in [0.2, 0.25) is 0 Å². The van der Waals surface area contributed by atoms with Crippen molar-refractivity contribution in [1.29, 1.82) is 0 Å². The number of unbranched alkanes of at least 4 members (excludes halogenated alkanes) is 1. The molecule has 0 fully saturated rings. The van der Waals surface area contributed by atoms with Crippen LogP contribution in [-0.4, -0.2) is 35.3 Å². The number of pyridine rings is 1. The van der Waals surface area contributed by atoms with Crippen molar-refractivity contribution in [3.8, 4) is 0 Å². The molecule has 0 atom stereocenters. The minimum Gasteiger partial charge on any atom is -0.342 e. The number of para-hydroxylation sites is 1. The Bertz CT molecular complexity index is 743. The zero-order valence-electron chi connectivity index (χ0n) is 15.1. The number of carbonyl (C=O) groups excluding carboxylic acids is 2. The SMILES string of the molecule is CCCCN(C)C(=O)c1ccnc(C(=O)Nc2ccccc2CC)c1. The van der Waals surface area contributed by atoms with Gasteiger partial charge in [-0.05, 0) is 36.6 Å². The molecule has 5 heteroatoms. The Balaban J connectivity index is 2.15. The predicted octanol–water partition coefficient (Wildman–Crippen LogP) is 3.77. The third-order valence-electron chi connectivity index (χ3n) is 4.08. The first kappa shape index (κ1) is 18.6. The Morgan fingerprint density at radius 2 is 1.92 bits per heavy atom. The average molecular weight is 339 g/mol. The fourth-order valence-electron chi connectivity index (χ4n) is 2.54. The van der Waals surface area contributed by atoms with Gasteiger partial charge in [0.15, 0.2) is 0 Å². The summed E-state index contributed by atoms with van der Waals surface area (Å²) in [7, 11) is 1.77. The summed E-state index contributed by atoms with van der Waals surface area (Å²) >= 11 is 0. The molecule has 0 aliphatic heterocycles. The number of benzene rings is 1.